The minimum Gasteiger partial charge on any atom is -0.308 e. The Hall–Kier alpha value is -9.62. The molecule has 4 aromatic heterocycles. The van der Waals surface area contributed by atoms with E-state index in [2.05, 4.69) is 235 Å². The Bertz CT molecular complexity index is 4030. The van der Waals surface area contributed by atoms with Crippen molar-refractivity contribution >= 4 is 92.9 Å². The van der Waals surface area contributed by atoms with Crippen LogP contribution in [0.25, 0.3) is 126 Å². The Kier molecular flexibility index (Phi) is 8.01. The van der Waals surface area contributed by atoms with E-state index in [1.165, 1.54) is 0 Å². The lowest BCUT2D eigenvalue weighted by atomic mass is 9.92. The summed E-state index contributed by atoms with van der Waals surface area (Å²) in [6.07, 6.45) is 0. The van der Waals surface area contributed by atoms with Crippen LogP contribution in [0.1, 0.15) is 5.56 Å². The Labute approximate surface area is 390 Å². The maximum atomic E-state index is 11.7. The van der Waals surface area contributed by atoms with Gasteiger partial charge in [-0.2, -0.15) is 5.26 Å². The number of nitriles is 1. The summed E-state index contributed by atoms with van der Waals surface area (Å²) in [6.45, 7) is 9.15. The van der Waals surface area contributed by atoms with Crippen molar-refractivity contribution < 1.29 is 0 Å². The van der Waals surface area contributed by atoms with Gasteiger partial charge in [0, 0.05) is 54.2 Å². The van der Waals surface area contributed by atoms with Crippen LogP contribution in [0.3, 0.4) is 0 Å². The number of aromatic nitrogens is 4. The van der Waals surface area contributed by atoms with E-state index in [1.807, 2.05) is 12.1 Å². The van der Waals surface area contributed by atoms with E-state index < -0.39 is 0 Å². The van der Waals surface area contributed by atoms with E-state index >= 15 is 0 Å². The molecule has 68 heavy (non-hydrogen) atoms. The summed E-state index contributed by atoms with van der Waals surface area (Å²) in [4.78, 5) is 4.44. The summed E-state index contributed by atoms with van der Waals surface area (Å²) < 4.78 is 9.39. The minimum absolute atomic E-state index is 0.435. The Morgan fingerprint density at radius 3 is 0.868 bits per heavy atom. The van der Waals surface area contributed by atoms with E-state index in [9.17, 15) is 5.26 Å². The molecule has 4 heterocycles. The predicted molar refractivity (Wildman–Crippen MR) is 280 cm³/mol. The first kappa shape index (κ1) is 37.7. The fraction of sp³-hybridized carbons (Fsp3) is 0. The van der Waals surface area contributed by atoms with Gasteiger partial charge in [-0.1, -0.05) is 152 Å². The molecule has 6 nitrogen and oxygen atoms in total. The molecule has 14 aromatic rings. The van der Waals surface area contributed by atoms with Crippen molar-refractivity contribution in [2.45, 2.75) is 0 Å². The second-order valence-electron chi connectivity index (χ2n) is 17.4. The maximum Gasteiger partial charge on any atom is 0.197 e. The van der Waals surface area contributed by atoms with Crippen molar-refractivity contribution in [2.24, 2.45) is 0 Å². The first-order chi connectivity index (χ1) is 33.7. The fourth-order valence-electron chi connectivity index (χ4n) is 11.3. The number of nitrogens with zero attached hydrogens (tertiary/aromatic N) is 6. The predicted octanol–water partition coefficient (Wildman–Crippen LogP) is 16.2. The molecule has 10 aromatic carbocycles. The summed E-state index contributed by atoms with van der Waals surface area (Å²) in [5.41, 5.74) is 13.7. The lowest BCUT2D eigenvalue weighted by Gasteiger charge is -2.26. The molecule has 0 atom stereocenters. The minimum atomic E-state index is 0.435. The summed E-state index contributed by atoms with van der Waals surface area (Å²) in [5, 5.41) is 20.6. The molecular weight excluding hydrogens is 829 g/mol. The van der Waals surface area contributed by atoms with Gasteiger partial charge in [-0.05, 0) is 66.7 Å². The van der Waals surface area contributed by atoms with Crippen LogP contribution in [0.15, 0.2) is 218 Å². The maximum absolute atomic E-state index is 11.7. The highest BCUT2D eigenvalue weighted by molar-refractivity contribution is 6.16. The smallest absolute Gasteiger partial charge is 0.197 e. The van der Waals surface area contributed by atoms with Gasteiger partial charge in [-0.15, -0.1) is 0 Å². The molecule has 0 amide bonds. The normalized spacial score (nSPS) is 11.8. The van der Waals surface area contributed by atoms with Crippen LogP contribution in [0, 0.1) is 17.9 Å². The number of fused-ring (bicyclic) bond motifs is 12. The van der Waals surface area contributed by atoms with Crippen molar-refractivity contribution in [3.8, 4) is 39.9 Å². The van der Waals surface area contributed by atoms with Crippen LogP contribution in [-0.4, -0.2) is 18.3 Å². The summed E-state index contributed by atoms with van der Waals surface area (Å²) in [7, 11) is 0. The topological polar surface area (TPSA) is 47.9 Å². The van der Waals surface area contributed by atoms with Crippen LogP contribution < -0.4 is 0 Å². The molecular formula is C62H36N6. The van der Waals surface area contributed by atoms with Crippen LogP contribution in [-0.2, 0) is 0 Å². The van der Waals surface area contributed by atoms with Crippen LogP contribution >= 0.6 is 0 Å². The Morgan fingerprint density at radius 1 is 0.309 bits per heavy atom. The molecule has 14 rings (SSSR count). The van der Waals surface area contributed by atoms with Crippen molar-refractivity contribution in [2.75, 3.05) is 0 Å². The zero-order valence-electron chi connectivity index (χ0n) is 36.5. The van der Waals surface area contributed by atoms with Crippen molar-refractivity contribution in [3.05, 3.63) is 235 Å². The number of benzene rings is 10. The fourth-order valence-corrected chi connectivity index (χ4v) is 11.3. The van der Waals surface area contributed by atoms with E-state index in [0.717, 1.165) is 110 Å². The zero-order valence-corrected chi connectivity index (χ0v) is 36.5. The number of rotatable bonds is 5. The quantitative estimate of drug-likeness (QED) is 0.159. The summed E-state index contributed by atoms with van der Waals surface area (Å²) in [5.74, 6) is 0. The molecule has 0 radical (unpaired) electrons. The van der Waals surface area contributed by atoms with Gasteiger partial charge in [0.2, 0.25) is 0 Å². The monoisotopic (exact) mass is 864 g/mol. The van der Waals surface area contributed by atoms with Crippen LogP contribution in [0.5, 0.6) is 0 Å². The van der Waals surface area contributed by atoms with Gasteiger partial charge >= 0.3 is 0 Å². The molecule has 0 unspecified atom stereocenters. The van der Waals surface area contributed by atoms with E-state index in [0.29, 0.717) is 22.4 Å². The lowest BCUT2D eigenvalue weighted by Crippen LogP contribution is -2.10. The van der Waals surface area contributed by atoms with Gasteiger partial charge in [0.1, 0.15) is 0 Å². The van der Waals surface area contributed by atoms with Gasteiger partial charge in [-0.3, -0.25) is 0 Å². The molecule has 0 bridgehead atoms. The molecule has 0 saturated carbocycles. The van der Waals surface area contributed by atoms with Gasteiger partial charge in [-0.25, -0.2) is 4.85 Å². The second kappa shape index (κ2) is 14.4. The standard InChI is InChI=1S/C62H36N6/c1-64-48-35-37-58(66-51-28-12-4-20-42(51)43-21-5-13-29-52(43)66)62(68-55-32-16-8-24-46(55)47-25-9-17-33-56(47)68)60(48)59-39(38-63)34-36-57(65-49-26-10-2-18-40(49)41-19-3-11-27-50(41)65)61(59)67-53-30-14-6-22-44(53)45-23-7-15-31-54(45)67/h2-37H. The van der Waals surface area contributed by atoms with Gasteiger partial charge in [0.05, 0.1) is 85.1 Å². The van der Waals surface area contributed by atoms with Crippen molar-refractivity contribution in [3.63, 3.8) is 0 Å². The largest absolute Gasteiger partial charge is 0.308 e. The SMILES string of the molecule is [C-]#[N+]c1ccc(-n2c3ccccc3c3ccccc32)c(-n2c3ccccc3c3ccccc32)c1-c1c(C#N)ccc(-n2c3ccccc3c3ccccc32)c1-n1c2ccccc2c2ccccc21. The average Bonchev–Trinajstić information content (AvgIpc) is 4.13. The zero-order chi connectivity index (χ0) is 45.0. The molecule has 0 aliphatic heterocycles. The molecule has 314 valence electrons. The molecule has 6 heteroatoms. The highest BCUT2D eigenvalue weighted by Crippen LogP contribution is 2.51. The van der Waals surface area contributed by atoms with Crippen molar-refractivity contribution in [1.29, 1.82) is 5.26 Å². The molecule has 0 aliphatic carbocycles. The Morgan fingerprint density at radius 2 is 0.574 bits per heavy atom. The third-order valence-corrected chi connectivity index (χ3v) is 14.0. The first-order valence-electron chi connectivity index (χ1n) is 22.8. The van der Waals surface area contributed by atoms with Gasteiger partial charge in [0.25, 0.3) is 0 Å². The summed E-state index contributed by atoms with van der Waals surface area (Å²) in [6, 6.07) is 79.2. The third-order valence-electron chi connectivity index (χ3n) is 14.0. The highest BCUT2D eigenvalue weighted by Gasteiger charge is 2.31. The Balaban J connectivity index is 1.27. The van der Waals surface area contributed by atoms with Crippen LogP contribution in [0.2, 0.25) is 0 Å². The molecule has 0 N–H and O–H groups in total. The van der Waals surface area contributed by atoms with E-state index in [4.69, 9.17) is 6.57 Å². The van der Waals surface area contributed by atoms with Gasteiger partial charge < -0.3 is 18.3 Å². The number of para-hydroxylation sites is 8. The second-order valence-corrected chi connectivity index (χ2v) is 17.4. The molecule has 0 aliphatic rings. The van der Waals surface area contributed by atoms with Crippen molar-refractivity contribution in [1.82, 2.24) is 18.3 Å². The highest BCUT2D eigenvalue weighted by atomic mass is 15.1. The average molecular weight is 865 g/mol. The molecule has 0 fully saturated rings. The summed E-state index contributed by atoms with van der Waals surface area (Å²) >= 11 is 0. The third kappa shape index (κ3) is 5.09. The van der Waals surface area contributed by atoms with E-state index in [1.54, 1.807) is 0 Å². The lowest BCUT2D eigenvalue weighted by molar-refractivity contribution is 1.08. The molecule has 0 saturated heterocycles. The van der Waals surface area contributed by atoms with Gasteiger partial charge in [0.15, 0.2) is 5.69 Å². The number of hydrogen-bond acceptors (Lipinski definition) is 1. The van der Waals surface area contributed by atoms with Crippen LogP contribution in [0.4, 0.5) is 5.69 Å². The first-order valence-corrected chi connectivity index (χ1v) is 22.8. The number of hydrogen-bond donors (Lipinski definition) is 0. The molecule has 0 spiro atoms. The van der Waals surface area contributed by atoms with E-state index in [-0.39, 0.29) is 0 Å².